The maximum atomic E-state index is 6.05. The van der Waals surface area contributed by atoms with Crippen molar-refractivity contribution in [3.05, 3.63) is 102 Å². The Morgan fingerprint density at radius 2 is 1.29 bits per heavy atom. The van der Waals surface area contributed by atoms with Crippen LogP contribution in [0.15, 0.2) is 84.9 Å². The molecule has 0 aliphatic rings. The molecule has 0 spiro atoms. The lowest BCUT2D eigenvalue weighted by molar-refractivity contribution is -0.887. The lowest BCUT2D eigenvalue weighted by atomic mass is 9.88. The van der Waals surface area contributed by atoms with Crippen LogP contribution in [0.4, 0.5) is 0 Å². The Bertz CT molecular complexity index is 963. The first-order valence-electron chi connectivity index (χ1n) is 11.0. The summed E-state index contributed by atoms with van der Waals surface area (Å²) in [6, 6.07) is 30.0. The summed E-state index contributed by atoms with van der Waals surface area (Å²) in [5, 5.41) is 1.00. The largest absolute Gasteiger partial charge is 0.488 e. The predicted octanol–water partition coefficient (Wildman–Crippen LogP) is 6.91. The molecular formula is C28H33BrNO+. The first kappa shape index (κ1) is 23.3. The smallest absolute Gasteiger partial charge is 0.137 e. The van der Waals surface area contributed by atoms with Crippen molar-refractivity contribution < 1.29 is 9.22 Å². The molecule has 0 saturated heterocycles. The average molecular weight is 479 g/mol. The zero-order valence-electron chi connectivity index (χ0n) is 18.9. The molecule has 3 aromatic carbocycles. The number of likely N-dealkylation sites (N-methyl/N-ethyl adjacent to an activating group) is 1. The molecule has 3 rings (SSSR count). The van der Waals surface area contributed by atoms with Crippen LogP contribution in [0.1, 0.15) is 30.0 Å². The highest BCUT2D eigenvalue weighted by atomic mass is 79.9. The molecule has 0 atom stereocenters. The number of benzene rings is 3. The summed E-state index contributed by atoms with van der Waals surface area (Å²) in [6.07, 6.45) is 0.965. The molecule has 0 N–H and O–H groups in total. The highest BCUT2D eigenvalue weighted by molar-refractivity contribution is 9.09. The summed E-state index contributed by atoms with van der Waals surface area (Å²) in [5.41, 5.74) is 6.38. The second-order valence-electron chi connectivity index (χ2n) is 8.38. The Kier molecular flexibility index (Phi) is 8.51. The van der Waals surface area contributed by atoms with E-state index in [1.54, 1.807) is 0 Å². The highest BCUT2D eigenvalue weighted by Gasteiger charge is 2.15. The van der Waals surface area contributed by atoms with Gasteiger partial charge in [-0.1, -0.05) is 95.7 Å². The molecule has 0 heterocycles. The van der Waals surface area contributed by atoms with Crippen molar-refractivity contribution in [2.45, 2.75) is 13.3 Å². The second kappa shape index (κ2) is 11.3. The van der Waals surface area contributed by atoms with Crippen LogP contribution in [-0.2, 0) is 0 Å². The Morgan fingerprint density at radius 3 is 1.84 bits per heavy atom. The minimum atomic E-state index is 0.713. The van der Waals surface area contributed by atoms with E-state index in [9.17, 15) is 0 Å². The molecule has 3 aromatic rings. The van der Waals surface area contributed by atoms with Gasteiger partial charge in [0.1, 0.15) is 18.9 Å². The molecule has 31 heavy (non-hydrogen) atoms. The van der Waals surface area contributed by atoms with Gasteiger partial charge >= 0.3 is 0 Å². The van der Waals surface area contributed by atoms with E-state index in [4.69, 9.17) is 4.74 Å². The molecule has 0 radical (unpaired) electrons. The Labute approximate surface area is 195 Å². The van der Waals surface area contributed by atoms with Crippen molar-refractivity contribution in [3.63, 3.8) is 0 Å². The van der Waals surface area contributed by atoms with Gasteiger partial charge in [0, 0.05) is 0 Å². The molecule has 0 amide bonds. The number of hydrogen-bond acceptors (Lipinski definition) is 1. The normalized spacial score (nSPS) is 12.4. The van der Waals surface area contributed by atoms with E-state index in [0.29, 0.717) is 6.61 Å². The minimum absolute atomic E-state index is 0.713. The first-order chi connectivity index (χ1) is 15.0. The molecule has 2 nitrogen and oxygen atoms in total. The molecule has 0 bridgehead atoms. The van der Waals surface area contributed by atoms with Crippen LogP contribution in [0.25, 0.3) is 11.1 Å². The van der Waals surface area contributed by atoms with Crippen LogP contribution in [0, 0.1) is 0 Å². The van der Waals surface area contributed by atoms with E-state index < -0.39 is 0 Å². The van der Waals surface area contributed by atoms with Gasteiger partial charge in [-0.2, -0.15) is 0 Å². The van der Waals surface area contributed by atoms with Gasteiger partial charge in [0.25, 0.3) is 0 Å². The van der Waals surface area contributed by atoms with Crippen molar-refractivity contribution in [2.24, 2.45) is 0 Å². The summed E-state index contributed by atoms with van der Waals surface area (Å²) in [6.45, 7) is 5.02. The molecule has 0 aromatic heterocycles. The Morgan fingerprint density at radius 1 is 0.742 bits per heavy atom. The fourth-order valence-corrected chi connectivity index (χ4v) is 4.71. The number of nitrogens with zero attached hydrogens (tertiary/aromatic N) is 1. The van der Waals surface area contributed by atoms with Gasteiger partial charge in [0.05, 0.1) is 26.0 Å². The third kappa shape index (κ3) is 6.56. The van der Waals surface area contributed by atoms with Crippen LogP contribution in [0.5, 0.6) is 5.75 Å². The lowest BCUT2D eigenvalue weighted by Crippen LogP contribution is -2.44. The third-order valence-corrected chi connectivity index (χ3v) is 5.99. The third-order valence-electron chi connectivity index (χ3n) is 5.64. The van der Waals surface area contributed by atoms with E-state index in [1.807, 2.05) is 0 Å². The molecule has 0 fully saturated rings. The number of halogens is 1. The van der Waals surface area contributed by atoms with Gasteiger partial charge in [0.2, 0.25) is 0 Å². The molecule has 162 valence electrons. The predicted molar refractivity (Wildman–Crippen MR) is 137 cm³/mol. The van der Waals surface area contributed by atoms with Crippen molar-refractivity contribution in [3.8, 4) is 5.75 Å². The SMILES string of the molecule is CC/C(=C(\c1ccccc1)c1ccc(OCC[N+](C)(C)CCBr)cc1)c1ccccc1. The van der Waals surface area contributed by atoms with Crippen LogP contribution in [0.2, 0.25) is 0 Å². The lowest BCUT2D eigenvalue weighted by Gasteiger charge is -2.28. The van der Waals surface area contributed by atoms with Gasteiger partial charge in [-0.25, -0.2) is 0 Å². The number of ether oxygens (including phenoxy) is 1. The number of hydrogen-bond donors (Lipinski definition) is 0. The summed E-state index contributed by atoms with van der Waals surface area (Å²) >= 11 is 3.54. The van der Waals surface area contributed by atoms with Gasteiger partial charge < -0.3 is 9.22 Å². The van der Waals surface area contributed by atoms with Crippen LogP contribution >= 0.6 is 15.9 Å². The fraction of sp³-hybridized carbons (Fsp3) is 0.286. The summed E-state index contributed by atoms with van der Waals surface area (Å²) < 4.78 is 7.00. The quantitative estimate of drug-likeness (QED) is 0.175. The zero-order valence-corrected chi connectivity index (χ0v) is 20.4. The minimum Gasteiger partial charge on any atom is -0.488 e. The van der Waals surface area contributed by atoms with E-state index in [-0.39, 0.29) is 0 Å². The molecule has 0 aliphatic heterocycles. The van der Waals surface area contributed by atoms with Gasteiger partial charge in [-0.05, 0) is 46.4 Å². The van der Waals surface area contributed by atoms with E-state index in [1.165, 1.54) is 27.8 Å². The standard InChI is InChI=1S/C28H33BrNO/c1-4-27(23-11-7-5-8-12-23)28(24-13-9-6-10-14-24)25-15-17-26(18-16-25)31-22-21-30(2,3)20-19-29/h5-18H,4,19-22H2,1-3H3/q+1/b28-27-. The van der Waals surface area contributed by atoms with Crippen molar-refractivity contribution in [1.29, 1.82) is 0 Å². The van der Waals surface area contributed by atoms with Crippen LogP contribution in [-0.4, -0.2) is 43.6 Å². The van der Waals surface area contributed by atoms with Gasteiger partial charge in [-0.3, -0.25) is 0 Å². The number of rotatable bonds is 10. The molecule has 0 unspecified atom stereocenters. The summed E-state index contributed by atoms with van der Waals surface area (Å²) in [4.78, 5) is 0. The van der Waals surface area contributed by atoms with Crippen molar-refractivity contribution in [1.82, 2.24) is 0 Å². The topological polar surface area (TPSA) is 9.23 Å². The second-order valence-corrected chi connectivity index (χ2v) is 9.18. The molecule has 3 heteroatoms. The Hall–Kier alpha value is -2.36. The number of quaternary nitrogens is 1. The van der Waals surface area contributed by atoms with Gasteiger partial charge in [0.15, 0.2) is 0 Å². The summed E-state index contributed by atoms with van der Waals surface area (Å²) in [7, 11) is 4.47. The maximum absolute atomic E-state index is 6.05. The van der Waals surface area contributed by atoms with Crippen molar-refractivity contribution >= 4 is 27.1 Å². The molecular weight excluding hydrogens is 446 g/mol. The van der Waals surface area contributed by atoms with Crippen molar-refractivity contribution in [2.75, 3.05) is 39.1 Å². The fourth-order valence-electron chi connectivity index (χ4n) is 3.75. The number of allylic oxidation sites excluding steroid dienone is 1. The van der Waals surface area contributed by atoms with E-state index >= 15 is 0 Å². The van der Waals surface area contributed by atoms with Crippen LogP contribution in [0.3, 0.4) is 0 Å². The first-order valence-corrected chi connectivity index (χ1v) is 12.1. The summed E-state index contributed by atoms with van der Waals surface area (Å²) in [5.74, 6) is 0.924. The average Bonchev–Trinajstić information content (AvgIpc) is 2.79. The monoisotopic (exact) mass is 478 g/mol. The van der Waals surface area contributed by atoms with E-state index in [2.05, 4.69) is 122 Å². The Balaban J connectivity index is 1.88. The van der Waals surface area contributed by atoms with Gasteiger partial charge in [-0.15, -0.1) is 0 Å². The maximum Gasteiger partial charge on any atom is 0.137 e. The molecule has 0 aliphatic carbocycles. The van der Waals surface area contributed by atoms with Crippen LogP contribution < -0.4 is 4.74 Å². The highest BCUT2D eigenvalue weighted by Crippen LogP contribution is 2.34. The molecule has 0 saturated carbocycles. The van der Waals surface area contributed by atoms with E-state index in [0.717, 1.165) is 35.1 Å². The zero-order chi connectivity index (χ0) is 22.1. The number of alkyl halides is 1.